The zero-order valence-corrected chi connectivity index (χ0v) is 5.46. The summed E-state index contributed by atoms with van der Waals surface area (Å²) in [5.74, 6) is -0.556. The molecule has 0 aromatic rings. The molecule has 1 aliphatic heterocycles. The Kier molecular flexibility index (Phi) is 1.62. The second-order valence-corrected chi connectivity index (χ2v) is 1.98. The molecule has 0 fully saturated rings. The van der Waals surface area contributed by atoms with Crippen LogP contribution in [0.3, 0.4) is 0 Å². The van der Waals surface area contributed by atoms with Crippen molar-refractivity contribution in [1.82, 2.24) is 0 Å². The molecule has 0 unspecified atom stereocenters. The smallest absolute Gasteiger partial charge is 0.261 e. The number of ether oxygens (including phenoxy) is 2. The van der Waals surface area contributed by atoms with E-state index in [9.17, 15) is 0 Å². The molecule has 2 N–H and O–H groups in total. The van der Waals surface area contributed by atoms with Crippen LogP contribution in [0.5, 0.6) is 0 Å². The van der Waals surface area contributed by atoms with Crippen molar-refractivity contribution >= 4 is 0 Å². The van der Waals surface area contributed by atoms with Crippen LogP contribution in [0, 0.1) is 0 Å². The Hall–Kier alpha value is -0.700. The van der Waals surface area contributed by atoms with Gasteiger partial charge in [-0.05, 0) is 0 Å². The third kappa shape index (κ3) is 1.00. The molecule has 1 rings (SSSR count). The summed E-state index contributed by atoms with van der Waals surface area (Å²) in [6, 6.07) is 0. The van der Waals surface area contributed by atoms with Gasteiger partial charge in [0.2, 0.25) is 0 Å². The Morgan fingerprint density at radius 2 is 2.00 bits per heavy atom. The van der Waals surface area contributed by atoms with E-state index < -0.39 is 5.79 Å². The maximum Gasteiger partial charge on any atom is 0.261 e. The van der Waals surface area contributed by atoms with Crippen molar-refractivity contribution in [2.24, 2.45) is 5.73 Å². The van der Waals surface area contributed by atoms with E-state index in [0.29, 0.717) is 6.54 Å². The van der Waals surface area contributed by atoms with Gasteiger partial charge in [0.1, 0.15) is 12.5 Å². The topological polar surface area (TPSA) is 44.5 Å². The second-order valence-electron chi connectivity index (χ2n) is 1.98. The summed E-state index contributed by atoms with van der Waals surface area (Å²) in [5, 5.41) is 0. The van der Waals surface area contributed by atoms with E-state index in [1.165, 1.54) is 12.5 Å². The molecule has 0 bridgehead atoms. The average molecular weight is 129 g/mol. The van der Waals surface area contributed by atoms with Crippen molar-refractivity contribution < 1.29 is 9.47 Å². The molecule has 9 heavy (non-hydrogen) atoms. The lowest BCUT2D eigenvalue weighted by atomic mass is 10.2. The zero-order chi connectivity index (χ0) is 6.74. The zero-order valence-electron chi connectivity index (χ0n) is 5.46. The van der Waals surface area contributed by atoms with E-state index in [2.05, 4.69) is 0 Å². The summed E-state index contributed by atoms with van der Waals surface area (Å²) in [6.07, 6.45) is 3.82. The molecule has 1 aliphatic rings. The molecular formula is C6H11NO2. The van der Waals surface area contributed by atoms with Crippen LogP contribution in [0.4, 0.5) is 0 Å². The highest BCUT2D eigenvalue weighted by atomic mass is 16.7. The molecule has 3 nitrogen and oxygen atoms in total. The highest BCUT2D eigenvalue weighted by Crippen LogP contribution is 2.21. The molecule has 0 saturated heterocycles. The lowest BCUT2D eigenvalue weighted by molar-refractivity contribution is -0.134. The second kappa shape index (κ2) is 2.27. The van der Waals surface area contributed by atoms with E-state index in [0.717, 1.165) is 6.42 Å². The summed E-state index contributed by atoms with van der Waals surface area (Å²) in [7, 11) is 0. The number of nitrogens with two attached hydrogens (primary N) is 1. The third-order valence-electron chi connectivity index (χ3n) is 1.47. The van der Waals surface area contributed by atoms with Crippen molar-refractivity contribution in [1.29, 1.82) is 0 Å². The third-order valence-corrected chi connectivity index (χ3v) is 1.47. The van der Waals surface area contributed by atoms with E-state index in [1.54, 1.807) is 0 Å². The summed E-state index contributed by atoms with van der Waals surface area (Å²) >= 11 is 0. The van der Waals surface area contributed by atoms with Gasteiger partial charge in [-0.25, -0.2) is 0 Å². The van der Waals surface area contributed by atoms with Crippen LogP contribution in [0.15, 0.2) is 12.5 Å². The first-order valence-corrected chi connectivity index (χ1v) is 3.04. The average Bonchev–Trinajstić information content (AvgIpc) is 2.36. The first kappa shape index (κ1) is 6.42. The summed E-state index contributed by atoms with van der Waals surface area (Å²) < 4.78 is 10.2. The van der Waals surface area contributed by atoms with Crippen molar-refractivity contribution in [3.63, 3.8) is 0 Å². The van der Waals surface area contributed by atoms with E-state index in [1.807, 2.05) is 6.92 Å². The lowest BCUT2D eigenvalue weighted by Gasteiger charge is -2.23. The quantitative estimate of drug-likeness (QED) is 0.592. The van der Waals surface area contributed by atoms with Crippen molar-refractivity contribution in [3.8, 4) is 0 Å². The fraction of sp³-hybridized carbons (Fsp3) is 0.667. The molecule has 0 aromatic carbocycles. The minimum atomic E-state index is -0.556. The van der Waals surface area contributed by atoms with Gasteiger partial charge in [-0.3, -0.25) is 0 Å². The Morgan fingerprint density at radius 1 is 1.44 bits per heavy atom. The van der Waals surface area contributed by atoms with Gasteiger partial charge in [0.15, 0.2) is 0 Å². The summed E-state index contributed by atoms with van der Waals surface area (Å²) in [5.41, 5.74) is 5.39. The Morgan fingerprint density at radius 3 is 2.22 bits per heavy atom. The van der Waals surface area contributed by atoms with Gasteiger partial charge in [0.25, 0.3) is 5.79 Å². The molecule has 0 saturated carbocycles. The molecule has 3 heteroatoms. The first-order valence-electron chi connectivity index (χ1n) is 3.04. The first-order chi connectivity index (χ1) is 4.33. The van der Waals surface area contributed by atoms with Crippen molar-refractivity contribution in [2.45, 2.75) is 19.1 Å². The van der Waals surface area contributed by atoms with Crippen LogP contribution < -0.4 is 5.73 Å². The monoisotopic (exact) mass is 129 g/mol. The maximum absolute atomic E-state index is 5.39. The van der Waals surface area contributed by atoms with Gasteiger partial charge < -0.3 is 15.2 Å². The number of hydrogen-bond acceptors (Lipinski definition) is 3. The summed E-state index contributed by atoms with van der Waals surface area (Å²) in [4.78, 5) is 0. The highest BCUT2D eigenvalue weighted by Gasteiger charge is 2.31. The minimum Gasteiger partial charge on any atom is -0.456 e. The molecule has 0 atom stereocenters. The minimum absolute atomic E-state index is 0.399. The summed E-state index contributed by atoms with van der Waals surface area (Å²) in [6.45, 7) is 2.37. The predicted molar refractivity (Wildman–Crippen MR) is 33.4 cm³/mol. The lowest BCUT2D eigenvalue weighted by Crippen LogP contribution is -2.37. The SMILES string of the molecule is CCC1(CN)OC=CO1. The van der Waals surface area contributed by atoms with Gasteiger partial charge >= 0.3 is 0 Å². The van der Waals surface area contributed by atoms with Gasteiger partial charge in [0.05, 0.1) is 6.54 Å². The molecular weight excluding hydrogens is 118 g/mol. The van der Waals surface area contributed by atoms with Gasteiger partial charge in [0, 0.05) is 6.42 Å². The van der Waals surface area contributed by atoms with Gasteiger partial charge in [-0.2, -0.15) is 0 Å². The standard InChI is InChI=1S/C6H11NO2/c1-2-6(5-7)8-3-4-9-6/h3-4H,2,5,7H2,1H3. The van der Waals surface area contributed by atoms with E-state index >= 15 is 0 Å². The Labute approximate surface area is 54.4 Å². The van der Waals surface area contributed by atoms with Crippen molar-refractivity contribution in [2.75, 3.05) is 6.54 Å². The molecule has 0 spiro atoms. The molecule has 0 radical (unpaired) electrons. The van der Waals surface area contributed by atoms with Crippen LogP contribution in [-0.4, -0.2) is 12.3 Å². The normalized spacial score (nSPS) is 21.1. The maximum atomic E-state index is 5.39. The van der Waals surface area contributed by atoms with E-state index in [-0.39, 0.29) is 0 Å². The fourth-order valence-corrected chi connectivity index (χ4v) is 0.739. The van der Waals surface area contributed by atoms with Crippen LogP contribution in [0.25, 0.3) is 0 Å². The van der Waals surface area contributed by atoms with Crippen LogP contribution in [0.1, 0.15) is 13.3 Å². The molecule has 0 amide bonds. The molecule has 1 heterocycles. The number of rotatable bonds is 2. The molecule has 0 aromatic heterocycles. The largest absolute Gasteiger partial charge is 0.456 e. The van der Waals surface area contributed by atoms with E-state index in [4.69, 9.17) is 15.2 Å². The van der Waals surface area contributed by atoms with Crippen LogP contribution >= 0.6 is 0 Å². The fourth-order valence-electron chi connectivity index (χ4n) is 0.739. The van der Waals surface area contributed by atoms with Crippen LogP contribution in [0.2, 0.25) is 0 Å². The van der Waals surface area contributed by atoms with Crippen molar-refractivity contribution in [3.05, 3.63) is 12.5 Å². The van der Waals surface area contributed by atoms with Gasteiger partial charge in [-0.1, -0.05) is 6.92 Å². The Balaban J connectivity index is 2.50. The van der Waals surface area contributed by atoms with Gasteiger partial charge in [-0.15, -0.1) is 0 Å². The highest BCUT2D eigenvalue weighted by molar-refractivity contribution is 4.83. The van der Waals surface area contributed by atoms with Crippen LogP contribution in [-0.2, 0) is 9.47 Å². The number of hydrogen-bond donors (Lipinski definition) is 1. The Bertz CT molecular complexity index is 108. The molecule has 52 valence electrons. The predicted octanol–water partition coefficient (Wildman–Crippen LogP) is 0.569. The molecule has 0 aliphatic carbocycles.